The van der Waals surface area contributed by atoms with Gasteiger partial charge >= 0.3 is 0 Å². The van der Waals surface area contributed by atoms with Gasteiger partial charge in [-0.05, 0) is 24.9 Å². The number of aromatic nitrogens is 1. The zero-order valence-corrected chi connectivity index (χ0v) is 12.8. The molecule has 0 saturated heterocycles. The molecular weight excluding hydrogens is 266 g/mol. The number of hydrogen-bond donors (Lipinski definition) is 2. The summed E-state index contributed by atoms with van der Waals surface area (Å²) in [6.07, 6.45) is 3.98. The molecule has 2 unspecified atom stereocenters. The van der Waals surface area contributed by atoms with Gasteiger partial charge in [0.25, 0.3) is 0 Å². The Morgan fingerprint density at radius 2 is 2.10 bits per heavy atom. The van der Waals surface area contributed by atoms with Crippen LogP contribution in [0.4, 0.5) is 0 Å². The summed E-state index contributed by atoms with van der Waals surface area (Å²) in [4.78, 5) is 4.34. The van der Waals surface area contributed by atoms with Gasteiger partial charge in [-0.2, -0.15) is 0 Å². The van der Waals surface area contributed by atoms with E-state index in [0.717, 1.165) is 25.9 Å². The van der Waals surface area contributed by atoms with Crippen molar-refractivity contribution in [1.29, 1.82) is 0 Å². The minimum Gasteiger partial charge on any atom is -0.324 e. The zero-order valence-electron chi connectivity index (χ0n) is 12.0. The predicted molar refractivity (Wildman–Crippen MR) is 86.0 cm³/mol. The third kappa shape index (κ3) is 4.71. The van der Waals surface area contributed by atoms with Crippen LogP contribution in [0.15, 0.2) is 41.9 Å². The van der Waals surface area contributed by atoms with E-state index >= 15 is 0 Å². The molecule has 3 nitrogen and oxygen atoms in total. The van der Waals surface area contributed by atoms with Crippen LogP contribution in [-0.2, 0) is 0 Å². The van der Waals surface area contributed by atoms with Gasteiger partial charge in [-0.25, -0.2) is 4.98 Å². The molecule has 0 aliphatic carbocycles. The highest BCUT2D eigenvalue weighted by atomic mass is 32.1. The maximum Gasteiger partial charge on any atom is 0.0965 e. The molecular formula is C16H23N3S. The third-order valence-electron chi connectivity index (χ3n) is 3.42. The Hall–Kier alpha value is -1.23. The van der Waals surface area contributed by atoms with E-state index in [1.807, 2.05) is 29.8 Å². The van der Waals surface area contributed by atoms with Crippen LogP contribution in [0.2, 0.25) is 0 Å². The van der Waals surface area contributed by atoms with Gasteiger partial charge in [-0.1, -0.05) is 37.3 Å². The average molecular weight is 289 g/mol. The van der Waals surface area contributed by atoms with Crippen molar-refractivity contribution in [3.05, 3.63) is 52.5 Å². The quantitative estimate of drug-likeness (QED) is 0.733. The van der Waals surface area contributed by atoms with Gasteiger partial charge in [0.15, 0.2) is 0 Å². The highest BCUT2D eigenvalue weighted by molar-refractivity contribution is 7.09. The standard InChI is InChI=1S/C16H23N3S/c1-13(16-19-10-11-20-16)12-18-9-5-8-15(17)14-6-3-2-4-7-14/h2-4,6-7,10-11,13,15,18H,5,8-9,12,17H2,1H3. The number of nitrogens with two attached hydrogens (primary N) is 1. The van der Waals surface area contributed by atoms with E-state index in [1.165, 1.54) is 10.6 Å². The van der Waals surface area contributed by atoms with Crippen molar-refractivity contribution in [2.75, 3.05) is 13.1 Å². The van der Waals surface area contributed by atoms with Gasteiger partial charge in [-0.15, -0.1) is 11.3 Å². The van der Waals surface area contributed by atoms with Gasteiger partial charge in [0.2, 0.25) is 0 Å². The monoisotopic (exact) mass is 289 g/mol. The molecule has 20 heavy (non-hydrogen) atoms. The Balaban J connectivity index is 1.60. The predicted octanol–water partition coefficient (Wildman–Crippen LogP) is 3.32. The molecule has 0 bridgehead atoms. The Morgan fingerprint density at radius 3 is 2.80 bits per heavy atom. The summed E-state index contributed by atoms with van der Waals surface area (Å²) in [7, 11) is 0. The van der Waals surface area contributed by atoms with Crippen LogP contribution in [0.5, 0.6) is 0 Å². The Labute approximate surface area is 125 Å². The molecule has 0 spiro atoms. The third-order valence-corrected chi connectivity index (χ3v) is 4.43. The maximum absolute atomic E-state index is 6.18. The first-order valence-corrected chi connectivity index (χ1v) is 8.06. The molecule has 108 valence electrons. The van der Waals surface area contributed by atoms with Crippen LogP contribution in [-0.4, -0.2) is 18.1 Å². The van der Waals surface area contributed by atoms with Gasteiger partial charge in [0, 0.05) is 30.1 Å². The molecule has 3 N–H and O–H groups in total. The maximum atomic E-state index is 6.18. The summed E-state index contributed by atoms with van der Waals surface area (Å²) in [6, 6.07) is 10.5. The van der Waals surface area contributed by atoms with E-state index < -0.39 is 0 Å². The van der Waals surface area contributed by atoms with Crippen LogP contribution in [0.1, 0.15) is 42.3 Å². The Morgan fingerprint density at radius 1 is 1.30 bits per heavy atom. The largest absolute Gasteiger partial charge is 0.324 e. The Kier molecular flexibility index (Phi) is 6.18. The second-order valence-electron chi connectivity index (χ2n) is 5.13. The molecule has 4 heteroatoms. The SMILES string of the molecule is CC(CNCCCC(N)c1ccccc1)c1nccs1. The second kappa shape index (κ2) is 8.15. The highest BCUT2D eigenvalue weighted by Gasteiger charge is 2.08. The van der Waals surface area contributed by atoms with E-state index in [9.17, 15) is 0 Å². The van der Waals surface area contributed by atoms with Crippen molar-refractivity contribution in [1.82, 2.24) is 10.3 Å². The van der Waals surface area contributed by atoms with E-state index in [4.69, 9.17) is 5.73 Å². The van der Waals surface area contributed by atoms with Crippen molar-refractivity contribution < 1.29 is 0 Å². The molecule has 1 heterocycles. The first-order valence-electron chi connectivity index (χ1n) is 7.18. The molecule has 1 aromatic heterocycles. The molecule has 0 fully saturated rings. The number of thiazole rings is 1. The van der Waals surface area contributed by atoms with Crippen molar-refractivity contribution >= 4 is 11.3 Å². The lowest BCUT2D eigenvalue weighted by Gasteiger charge is -2.13. The fraction of sp³-hybridized carbons (Fsp3) is 0.438. The van der Waals surface area contributed by atoms with Crippen molar-refractivity contribution in [2.24, 2.45) is 5.73 Å². The van der Waals surface area contributed by atoms with Crippen LogP contribution in [0.3, 0.4) is 0 Å². The first-order chi connectivity index (χ1) is 9.77. The lowest BCUT2D eigenvalue weighted by molar-refractivity contribution is 0.546. The summed E-state index contributed by atoms with van der Waals surface area (Å²) in [6.45, 7) is 4.20. The molecule has 0 saturated carbocycles. The van der Waals surface area contributed by atoms with Crippen LogP contribution >= 0.6 is 11.3 Å². The van der Waals surface area contributed by atoms with E-state index in [2.05, 4.69) is 29.4 Å². The minimum absolute atomic E-state index is 0.148. The van der Waals surface area contributed by atoms with Crippen LogP contribution < -0.4 is 11.1 Å². The smallest absolute Gasteiger partial charge is 0.0965 e. The average Bonchev–Trinajstić information content (AvgIpc) is 3.01. The molecule has 2 aromatic rings. The van der Waals surface area contributed by atoms with E-state index in [-0.39, 0.29) is 6.04 Å². The van der Waals surface area contributed by atoms with Gasteiger partial charge < -0.3 is 11.1 Å². The lowest BCUT2D eigenvalue weighted by Crippen LogP contribution is -2.22. The minimum atomic E-state index is 0.148. The van der Waals surface area contributed by atoms with E-state index in [0.29, 0.717) is 5.92 Å². The second-order valence-corrected chi connectivity index (χ2v) is 6.06. The zero-order chi connectivity index (χ0) is 14.2. The summed E-state index contributed by atoms with van der Waals surface area (Å²) >= 11 is 1.73. The number of nitrogens with one attached hydrogen (secondary N) is 1. The molecule has 0 amide bonds. The number of nitrogens with zero attached hydrogens (tertiary/aromatic N) is 1. The summed E-state index contributed by atoms with van der Waals surface area (Å²) in [5, 5.41) is 6.73. The Bertz CT molecular complexity index is 470. The molecule has 0 aliphatic rings. The van der Waals surface area contributed by atoms with E-state index in [1.54, 1.807) is 11.3 Å². The van der Waals surface area contributed by atoms with Crippen molar-refractivity contribution in [3.8, 4) is 0 Å². The highest BCUT2D eigenvalue weighted by Crippen LogP contribution is 2.17. The van der Waals surface area contributed by atoms with Crippen LogP contribution in [0, 0.1) is 0 Å². The molecule has 2 rings (SSSR count). The summed E-state index contributed by atoms with van der Waals surface area (Å²) in [5.41, 5.74) is 7.40. The molecule has 1 aromatic carbocycles. The summed E-state index contributed by atoms with van der Waals surface area (Å²) < 4.78 is 0. The number of benzene rings is 1. The summed E-state index contributed by atoms with van der Waals surface area (Å²) in [5.74, 6) is 0.484. The van der Waals surface area contributed by atoms with Crippen molar-refractivity contribution in [3.63, 3.8) is 0 Å². The molecule has 0 aliphatic heterocycles. The number of rotatable bonds is 8. The first kappa shape index (κ1) is 15.2. The fourth-order valence-electron chi connectivity index (χ4n) is 2.20. The number of hydrogen-bond acceptors (Lipinski definition) is 4. The van der Waals surface area contributed by atoms with Crippen molar-refractivity contribution in [2.45, 2.75) is 31.7 Å². The van der Waals surface area contributed by atoms with Crippen LogP contribution in [0.25, 0.3) is 0 Å². The van der Waals surface area contributed by atoms with Gasteiger partial charge in [0.05, 0.1) is 5.01 Å². The fourth-order valence-corrected chi connectivity index (χ4v) is 2.90. The topological polar surface area (TPSA) is 50.9 Å². The lowest BCUT2D eigenvalue weighted by atomic mass is 10.0. The van der Waals surface area contributed by atoms with Gasteiger partial charge in [0.1, 0.15) is 0 Å². The van der Waals surface area contributed by atoms with Gasteiger partial charge in [-0.3, -0.25) is 0 Å². The molecule has 2 atom stereocenters. The molecule has 0 radical (unpaired) electrons. The normalized spacial score (nSPS) is 14.1.